The van der Waals surface area contributed by atoms with E-state index in [4.69, 9.17) is 0 Å². The van der Waals surface area contributed by atoms with Crippen molar-refractivity contribution in [1.82, 2.24) is 0 Å². The summed E-state index contributed by atoms with van der Waals surface area (Å²) in [5.41, 5.74) is 1.85. The minimum absolute atomic E-state index is 0.0913. The van der Waals surface area contributed by atoms with Crippen LogP contribution in [0.2, 0.25) is 0 Å². The number of rotatable bonds is 0. The van der Waals surface area contributed by atoms with Crippen molar-refractivity contribution in [2.24, 2.45) is 34.5 Å². The first kappa shape index (κ1) is 14.9. The Kier molecular flexibility index (Phi) is 3.18. The van der Waals surface area contributed by atoms with Gasteiger partial charge in [0.2, 0.25) is 0 Å². The van der Waals surface area contributed by atoms with E-state index < -0.39 is 0 Å². The molecule has 2 nitrogen and oxygen atoms in total. The Morgan fingerprint density at radius 2 is 1.91 bits per heavy atom. The van der Waals surface area contributed by atoms with Crippen molar-refractivity contribution in [3.05, 3.63) is 11.6 Å². The largest absolute Gasteiger partial charge is 0.393 e. The lowest BCUT2D eigenvalue weighted by Crippen LogP contribution is -2.52. The van der Waals surface area contributed by atoms with Crippen molar-refractivity contribution in [1.29, 1.82) is 0 Å². The Labute approximate surface area is 134 Å². The number of aliphatic hydroxyl groups is 1. The maximum Gasteiger partial charge on any atom is 0.155 e. The monoisotopic (exact) mass is 302 g/mol. The molecule has 0 spiro atoms. The summed E-state index contributed by atoms with van der Waals surface area (Å²) in [6.07, 6.45) is 9.54. The summed E-state index contributed by atoms with van der Waals surface area (Å²) in [4.78, 5) is 11.9. The SMILES string of the molecule is C[C@@H]1C[C@H]2[C@@H]3CC[C@H](O)[C@@]3(C)CC[C@@H]2[C@@]2(C)CCC(=O)C=C12. The topological polar surface area (TPSA) is 37.3 Å². The molecule has 3 saturated carbocycles. The molecule has 0 aliphatic heterocycles. The molecule has 4 aliphatic carbocycles. The first-order valence-electron chi connectivity index (χ1n) is 9.29. The Morgan fingerprint density at radius 1 is 1.14 bits per heavy atom. The van der Waals surface area contributed by atoms with Gasteiger partial charge in [-0.15, -0.1) is 0 Å². The smallest absolute Gasteiger partial charge is 0.155 e. The third kappa shape index (κ3) is 1.79. The molecule has 22 heavy (non-hydrogen) atoms. The lowest BCUT2D eigenvalue weighted by Gasteiger charge is -2.59. The molecule has 1 N–H and O–H groups in total. The first-order chi connectivity index (χ1) is 10.4. The maximum absolute atomic E-state index is 11.9. The van der Waals surface area contributed by atoms with Gasteiger partial charge in [-0.05, 0) is 79.1 Å². The minimum atomic E-state index is -0.0913. The van der Waals surface area contributed by atoms with Crippen LogP contribution in [0, 0.1) is 34.5 Å². The van der Waals surface area contributed by atoms with Gasteiger partial charge >= 0.3 is 0 Å². The molecule has 0 aromatic rings. The molecule has 0 aromatic carbocycles. The van der Waals surface area contributed by atoms with E-state index in [0.717, 1.165) is 31.1 Å². The van der Waals surface area contributed by atoms with Crippen LogP contribution < -0.4 is 0 Å². The average molecular weight is 302 g/mol. The van der Waals surface area contributed by atoms with Crippen molar-refractivity contribution in [3.63, 3.8) is 0 Å². The van der Waals surface area contributed by atoms with Gasteiger partial charge < -0.3 is 5.11 Å². The minimum Gasteiger partial charge on any atom is -0.393 e. The number of hydrogen-bond donors (Lipinski definition) is 1. The summed E-state index contributed by atoms with van der Waals surface area (Å²) in [6, 6.07) is 0. The first-order valence-corrected chi connectivity index (χ1v) is 9.29. The van der Waals surface area contributed by atoms with E-state index in [2.05, 4.69) is 20.8 Å². The molecule has 4 aliphatic rings. The number of carbonyl (C=O) groups is 1. The average Bonchev–Trinajstić information content (AvgIpc) is 2.77. The van der Waals surface area contributed by atoms with E-state index in [-0.39, 0.29) is 16.9 Å². The molecular weight excluding hydrogens is 272 g/mol. The van der Waals surface area contributed by atoms with Gasteiger partial charge in [-0.1, -0.05) is 26.3 Å². The highest BCUT2D eigenvalue weighted by molar-refractivity contribution is 5.91. The van der Waals surface area contributed by atoms with Gasteiger partial charge in [0, 0.05) is 6.42 Å². The zero-order valence-corrected chi connectivity index (χ0v) is 14.3. The molecule has 7 atom stereocenters. The summed E-state index contributed by atoms with van der Waals surface area (Å²) >= 11 is 0. The molecule has 0 bridgehead atoms. The Balaban J connectivity index is 1.73. The summed E-state index contributed by atoms with van der Waals surface area (Å²) in [7, 11) is 0. The number of carbonyl (C=O) groups excluding carboxylic acids is 1. The van der Waals surface area contributed by atoms with Crippen LogP contribution in [0.15, 0.2) is 11.6 Å². The molecule has 0 aromatic heterocycles. The molecule has 2 heteroatoms. The Bertz CT molecular complexity index is 536. The van der Waals surface area contributed by atoms with E-state index in [9.17, 15) is 9.90 Å². The van der Waals surface area contributed by atoms with Gasteiger partial charge in [0.05, 0.1) is 6.10 Å². The van der Waals surface area contributed by atoms with Crippen LogP contribution in [0.1, 0.15) is 65.7 Å². The van der Waals surface area contributed by atoms with Crippen LogP contribution in [-0.4, -0.2) is 17.0 Å². The van der Waals surface area contributed by atoms with Crippen LogP contribution >= 0.6 is 0 Å². The highest BCUT2D eigenvalue weighted by atomic mass is 16.3. The molecule has 0 heterocycles. The summed E-state index contributed by atoms with van der Waals surface area (Å²) in [5.74, 6) is 3.05. The van der Waals surface area contributed by atoms with Crippen molar-refractivity contribution >= 4 is 5.78 Å². The summed E-state index contributed by atoms with van der Waals surface area (Å²) < 4.78 is 0. The number of fused-ring (bicyclic) bond motifs is 5. The van der Waals surface area contributed by atoms with Crippen LogP contribution in [0.25, 0.3) is 0 Å². The molecule has 4 rings (SSSR count). The third-order valence-electron chi connectivity index (χ3n) is 8.23. The van der Waals surface area contributed by atoms with Crippen LogP contribution in [0.3, 0.4) is 0 Å². The molecular formula is C20H30O2. The highest BCUT2D eigenvalue weighted by Crippen LogP contribution is 2.66. The van der Waals surface area contributed by atoms with E-state index >= 15 is 0 Å². The third-order valence-corrected chi connectivity index (χ3v) is 8.23. The van der Waals surface area contributed by atoms with Gasteiger partial charge in [-0.2, -0.15) is 0 Å². The normalized spacial score (nSPS) is 54.3. The molecule has 0 saturated heterocycles. The molecule has 122 valence electrons. The molecule has 0 unspecified atom stereocenters. The second-order valence-corrected chi connectivity index (χ2v) is 9.13. The van der Waals surface area contributed by atoms with Crippen molar-refractivity contribution < 1.29 is 9.90 Å². The fourth-order valence-corrected chi connectivity index (χ4v) is 6.96. The number of aliphatic hydroxyl groups excluding tert-OH is 1. The second-order valence-electron chi connectivity index (χ2n) is 9.13. The molecule has 3 fully saturated rings. The highest BCUT2D eigenvalue weighted by Gasteiger charge is 2.59. The number of hydrogen-bond acceptors (Lipinski definition) is 2. The molecule has 0 radical (unpaired) electrons. The van der Waals surface area contributed by atoms with Gasteiger partial charge in [-0.25, -0.2) is 0 Å². The van der Waals surface area contributed by atoms with E-state index in [1.54, 1.807) is 0 Å². The Hall–Kier alpha value is -0.630. The fraction of sp³-hybridized carbons (Fsp3) is 0.850. The fourth-order valence-electron chi connectivity index (χ4n) is 6.96. The Morgan fingerprint density at radius 3 is 2.68 bits per heavy atom. The predicted molar refractivity (Wildman–Crippen MR) is 87.3 cm³/mol. The van der Waals surface area contributed by atoms with E-state index in [0.29, 0.717) is 17.6 Å². The van der Waals surface area contributed by atoms with Crippen molar-refractivity contribution in [2.75, 3.05) is 0 Å². The number of allylic oxidation sites excluding steroid dienone is 1. The van der Waals surface area contributed by atoms with Gasteiger partial charge in [0.25, 0.3) is 0 Å². The van der Waals surface area contributed by atoms with Crippen LogP contribution in [0.4, 0.5) is 0 Å². The summed E-state index contributed by atoms with van der Waals surface area (Å²) in [5, 5.41) is 10.5. The van der Waals surface area contributed by atoms with Crippen LogP contribution in [0.5, 0.6) is 0 Å². The van der Waals surface area contributed by atoms with Gasteiger partial charge in [-0.3, -0.25) is 4.79 Å². The van der Waals surface area contributed by atoms with Crippen molar-refractivity contribution in [2.45, 2.75) is 71.8 Å². The summed E-state index contributed by atoms with van der Waals surface area (Å²) in [6.45, 7) is 7.11. The second kappa shape index (κ2) is 4.69. The quantitative estimate of drug-likeness (QED) is 0.730. The lowest BCUT2D eigenvalue weighted by molar-refractivity contribution is -0.118. The lowest BCUT2D eigenvalue weighted by atomic mass is 9.45. The zero-order chi connectivity index (χ0) is 15.7. The van der Waals surface area contributed by atoms with E-state index in [1.807, 2.05) is 6.08 Å². The van der Waals surface area contributed by atoms with Gasteiger partial charge in [0.1, 0.15) is 0 Å². The van der Waals surface area contributed by atoms with Crippen LogP contribution in [-0.2, 0) is 4.79 Å². The van der Waals surface area contributed by atoms with Crippen molar-refractivity contribution in [3.8, 4) is 0 Å². The maximum atomic E-state index is 11.9. The number of ketones is 1. The molecule has 0 amide bonds. The predicted octanol–water partition coefficient (Wildman–Crippen LogP) is 4.13. The van der Waals surface area contributed by atoms with Gasteiger partial charge in [0.15, 0.2) is 5.78 Å². The zero-order valence-electron chi connectivity index (χ0n) is 14.3. The standard InChI is InChI=1S/C20H30O2/c1-12-10-14-15-4-5-18(22)20(15,3)9-7-16(14)19(2)8-6-13(21)11-17(12)19/h11-12,14-16,18,22H,4-10H2,1-3H3/t12-,14+,15+,16+,18+,19-,20+/m1/s1. The van der Waals surface area contributed by atoms with E-state index in [1.165, 1.54) is 31.3 Å².